The van der Waals surface area contributed by atoms with Crippen LogP contribution in [0.2, 0.25) is 0 Å². The maximum Gasteiger partial charge on any atom is 0.374 e. The van der Waals surface area contributed by atoms with Crippen LogP contribution in [0.3, 0.4) is 0 Å². The Hall–Kier alpha value is -3.02. The van der Waals surface area contributed by atoms with Crippen molar-refractivity contribution < 1.29 is 27.2 Å². The third kappa shape index (κ3) is 4.58. The number of hydrogen-bond donors (Lipinski definition) is 1. The molecule has 0 aliphatic rings. The van der Waals surface area contributed by atoms with Gasteiger partial charge in [0.25, 0.3) is 10.0 Å². The number of furan rings is 1. The van der Waals surface area contributed by atoms with Gasteiger partial charge in [0.2, 0.25) is 16.8 Å². The average Bonchev–Trinajstić information content (AvgIpc) is 3.33. The molecule has 1 aromatic carbocycles. The highest BCUT2D eigenvalue weighted by molar-refractivity contribution is 7.89. The van der Waals surface area contributed by atoms with Crippen LogP contribution in [-0.4, -0.2) is 25.3 Å². The molecule has 0 aliphatic heterocycles. The number of sulfonamides is 1. The molecule has 11 heteroatoms. The lowest BCUT2D eigenvalue weighted by Gasteiger charge is -2.21. The lowest BCUT2D eigenvalue weighted by Crippen LogP contribution is -2.23. The molecule has 0 unspecified atom stereocenters. The number of nitrogens with two attached hydrogens (primary N) is 1. The fourth-order valence-electron chi connectivity index (χ4n) is 2.64. The summed E-state index contributed by atoms with van der Waals surface area (Å²) in [4.78, 5) is 30.3. The molecule has 0 saturated carbocycles. The first-order chi connectivity index (χ1) is 14.1. The first-order valence-electron chi connectivity index (χ1n) is 8.69. The fourth-order valence-corrected chi connectivity index (χ4v) is 3.97. The van der Waals surface area contributed by atoms with Crippen LogP contribution >= 0.6 is 11.3 Å². The number of thiazole rings is 1. The predicted octanol–water partition coefficient (Wildman–Crippen LogP) is 3.04. The van der Waals surface area contributed by atoms with Gasteiger partial charge in [0.1, 0.15) is 6.61 Å². The molecule has 0 saturated heterocycles. The summed E-state index contributed by atoms with van der Waals surface area (Å²) in [5.74, 6) is -1.36. The van der Waals surface area contributed by atoms with Crippen LogP contribution in [0.1, 0.15) is 34.3 Å². The van der Waals surface area contributed by atoms with Crippen molar-refractivity contribution in [1.29, 1.82) is 0 Å². The van der Waals surface area contributed by atoms with Gasteiger partial charge >= 0.3 is 5.97 Å². The van der Waals surface area contributed by atoms with Crippen molar-refractivity contribution in [2.24, 2.45) is 5.14 Å². The number of anilines is 2. The van der Waals surface area contributed by atoms with Crippen LogP contribution in [-0.2, 0) is 26.2 Å². The molecule has 1 amide bonds. The number of aromatic nitrogens is 1. The van der Waals surface area contributed by atoms with Crippen LogP contribution in [0.4, 0.5) is 10.8 Å². The molecule has 30 heavy (non-hydrogen) atoms. The molecule has 3 aromatic rings. The molecular formula is C19H19N3O6S2. The van der Waals surface area contributed by atoms with E-state index in [1.165, 1.54) is 23.2 Å². The van der Waals surface area contributed by atoms with E-state index in [2.05, 4.69) is 4.98 Å². The number of nitrogens with zero attached hydrogens (tertiary/aromatic N) is 2. The van der Waals surface area contributed by atoms with Crippen LogP contribution in [0.5, 0.6) is 0 Å². The Morgan fingerprint density at radius 2 is 1.97 bits per heavy atom. The van der Waals surface area contributed by atoms with Crippen LogP contribution < -0.4 is 10.0 Å². The molecule has 0 bridgehead atoms. The van der Waals surface area contributed by atoms with Gasteiger partial charge in [0, 0.05) is 12.3 Å². The molecule has 0 atom stereocenters. The molecule has 0 aliphatic carbocycles. The first kappa shape index (κ1) is 21.7. The van der Waals surface area contributed by atoms with E-state index in [9.17, 15) is 18.0 Å². The number of carbonyl (C=O) groups excluding carboxylic acids is 2. The molecule has 2 aromatic heterocycles. The minimum Gasteiger partial charge on any atom is -0.453 e. The lowest BCUT2D eigenvalue weighted by molar-refractivity contribution is -0.115. The topological polar surface area (TPSA) is 133 Å². The van der Waals surface area contributed by atoms with E-state index in [0.29, 0.717) is 10.8 Å². The molecule has 158 valence electrons. The normalized spacial score (nSPS) is 11.3. The number of aryl methyl sites for hydroxylation is 1. The number of primary sulfonamides is 1. The second-order valence-electron chi connectivity index (χ2n) is 6.43. The van der Waals surface area contributed by atoms with E-state index in [0.717, 1.165) is 28.9 Å². The van der Waals surface area contributed by atoms with Crippen molar-refractivity contribution in [1.82, 2.24) is 4.98 Å². The van der Waals surface area contributed by atoms with Gasteiger partial charge in [0.15, 0.2) is 5.13 Å². The number of rotatable bonds is 6. The third-order valence-electron chi connectivity index (χ3n) is 4.28. The molecule has 0 spiro atoms. The van der Waals surface area contributed by atoms with Gasteiger partial charge in [0.05, 0.1) is 11.4 Å². The zero-order valence-corrected chi connectivity index (χ0v) is 18.0. The molecule has 2 heterocycles. The van der Waals surface area contributed by atoms with Gasteiger partial charge in [-0.1, -0.05) is 12.1 Å². The van der Waals surface area contributed by atoms with Gasteiger partial charge in [-0.2, -0.15) is 0 Å². The number of amides is 1. The second kappa shape index (κ2) is 8.38. The maximum absolute atomic E-state index is 12.3. The summed E-state index contributed by atoms with van der Waals surface area (Å²) < 4.78 is 32.5. The van der Waals surface area contributed by atoms with Crippen LogP contribution in [0, 0.1) is 13.8 Å². The monoisotopic (exact) mass is 449 g/mol. The first-order valence-corrected chi connectivity index (χ1v) is 11.1. The Kier molecular flexibility index (Phi) is 6.06. The number of hydrogen-bond acceptors (Lipinski definition) is 8. The molecule has 3 rings (SSSR count). The number of esters is 1. The molecular weight excluding hydrogens is 430 g/mol. The predicted molar refractivity (Wildman–Crippen MR) is 110 cm³/mol. The van der Waals surface area contributed by atoms with Crippen LogP contribution in [0.25, 0.3) is 0 Å². The summed E-state index contributed by atoms with van der Waals surface area (Å²) in [5, 5.41) is 6.52. The smallest absolute Gasteiger partial charge is 0.374 e. The Bertz CT molecular complexity index is 1210. The van der Waals surface area contributed by atoms with Gasteiger partial charge in [-0.3, -0.25) is 9.69 Å². The van der Waals surface area contributed by atoms with E-state index in [-0.39, 0.29) is 18.3 Å². The highest BCUT2D eigenvalue weighted by atomic mass is 32.2. The van der Waals surface area contributed by atoms with Gasteiger partial charge in [-0.25, -0.2) is 23.3 Å². The van der Waals surface area contributed by atoms with Crippen molar-refractivity contribution in [2.45, 2.75) is 32.5 Å². The van der Waals surface area contributed by atoms with Crippen molar-refractivity contribution in [2.75, 3.05) is 4.90 Å². The molecule has 2 N–H and O–H groups in total. The summed E-state index contributed by atoms with van der Waals surface area (Å²) in [6, 6.07) is 7.89. The highest BCUT2D eigenvalue weighted by Gasteiger charge is 2.22. The summed E-state index contributed by atoms with van der Waals surface area (Å²) in [7, 11) is -4.05. The number of carbonyl (C=O) groups is 2. The summed E-state index contributed by atoms with van der Waals surface area (Å²) in [6.07, 6.45) is 0. The average molecular weight is 450 g/mol. The summed E-state index contributed by atoms with van der Waals surface area (Å²) >= 11 is 1.23. The van der Waals surface area contributed by atoms with Gasteiger partial charge in [-0.05, 0) is 43.2 Å². The Labute approximate surface area is 177 Å². The summed E-state index contributed by atoms with van der Waals surface area (Å²) in [6.45, 7) is 5.15. The van der Waals surface area contributed by atoms with E-state index < -0.39 is 21.1 Å². The van der Waals surface area contributed by atoms with Crippen molar-refractivity contribution in [3.05, 3.63) is 58.3 Å². The quantitative estimate of drug-likeness (QED) is 0.572. The maximum atomic E-state index is 12.3. The SMILES string of the molecule is CC(=O)N(c1nc(COC(=O)c2ccc(S(N)(=O)=O)o2)cs1)c1cccc(C)c1C. The Balaban J connectivity index is 1.75. The molecule has 0 fully saturated rings. The van der Waals surface area contributed by atoms with E-state index in [4.69, 9.17) is 14.3 Å². The highest BCUT2D eigenvalue weighted by Crippen LogP contribution is 2.32. The third-order valence-corrected chi connectivity index (χ3v) is 5.93. The van der Waals surface area contributed by atoms with Crippen molar-refractivity contribution in [3.63, 3.8) is 0 Å². The zero-order chi connectivity index (χ0) is 22.1. The van der Waals surface area contributed by atoms with Gasteiger partial charge in [-0.15, -0.1) is 11.3 Å². The Morgan fingerprint density at radius 3 is 2.60 bits per heavy atom. The summed E-state index contributed by atoms with van der Waals surface area (Å²) in [5.41, 5.74) is 3.16. The lowest BCUT2D eigenvalue weighted by atomic mass is 10.1. The zero-order valence-electron chi connectivity index (χ0n) is 16.4. The van der Waals surface area contributed by atoms with Crippen LogP contribution in [0.15, 0.2) is 45.2 Å². The standard InChI is InChI=1S/C19H19N3O6S2/c1-11-5-4-6-15(12(11)2)22(13(3)23)19-21-14(10-29-19)9-27-18(24)16-7-8-17(28-16)30(20,25)26/h4-8,10H,9H2,1-3H3,(H2,20,25,26). The van der Waals surface area contributed by atoms with E-state index >= 15 is 0 Å². The largest absolute Gasteiger partial charge is 0.453 e. The van der Waals surface area contributed by atoms with Gasteiger partial charge < -0.3 is 9.15 Å². The second-order valence-corrected chi connectivity index (χ2v) is 8.76. The molecule has 0 radical (unpaired) electrons. The number of ether oxygens (including phenoxy) is 1. The minimum absolute atomic E-state index is 0.181. The fraction of sp³-hybridized carbons (Fsp3) is 0.211. The van der Waals surface area contributed by atoms with E-state index in [1.807, 2.05) is 32.0 Å². The Morgan fingerprint density at radius 1 is 1.23 bits per heavy atom. The minimum atomic E-state index is -4.05. The molecule has 9 nitrogen and oxygen atoms in total. The van der Waals surface area contributed by atoms with Crippen molar-refractivity contribution in [3.8, 4) is 0 Å². The number of benzene rings is 1. The van der Waals surface area contributed by atoms with E-state index in [1.54, 1.807) is 5.38 Å². The van der Waals surface area contributed by atoms with Crippen molar-refractivity contribution >= 4 is 44.1 Å².